The second-order valence-corrected chi connectivity index (χ2v) is 15.5. The molecular weight excluding hydrogens is 720 g/mol. The largest absolute Gasteiger partial charge is 0.465 e. The number of thioether (sulfide) groups is 1. The van der Waals surface area contributed by atoms with Crippen LogP contribution in [-0.4, -0.2) is 59.2 Å². The number of ether oxygens (including phenoxy) is 2. The van der Waals surface area contributed by atoms with Crippen LogP contribution in [0.15, 0.2) is 89.5 Å². The number of amides is 4. The molecule has 0 radical (unpaired) electrons. The molecule has 1 aliphatic rings. The number of nitrogens with zero attached hydrogens (tertiary/aromatic N) is 1. The van der Waals surface area contributed by atoms with E-state index in [4.69, 9.17) is 9.47 Å². The highest BCUT2D eigenvalue weighted by molar-refractivity contribution is 8.00. The van der Waals surface area contributed by atoms with Gasteiger partial charge in [0.15, 0.2) is 0 Å². The molecule has 4 aromatic rings. The van der Waals surface area contributed by atoms with Gasteiger partial charge < -0.3 is 30.3 Å². The average molecular weight is 759 g/mol. The summed E-state index contributed by atoms with van der Waals surface area (Å²) in [6, 6.07) is 21.0. The van der Waals surface area contributed by atoms with Gasteiger partial charge >= 0.3 is 12.1 Å². The van der Waals surface area contributed by atoms with E-state index in [1.54, 1.807) is 93.3 Å². The van der Waals surface area contributed by atoms with Gasteiger partial charge in [0.2, 0.25) is 5.91 Å². The summed E-state index contributed by atoms with van der Waals surface area (Å²) < 4.78 is 25.1. The van der Waals surface area contributed by atoms with Gasteiger partial charge in [-0.3, -0.25) is 14.4 Å². The third-order valence-corrected chi connectivity index (χ3v) is 10.1. The van der Waals surface area contributed by atoms with Crippen LogP contribution in [0.1, 0.15) is 64.4 Å². The maximum Gasteiger partial charge on any atom is 0.410 e. The van der Waals surface area contributed by atoms with Gasteiger partial charge in [0, 0.05) is 33.1 Å². The topological polar surface area (TPSA) is 143 Å². The lowest BCUT2D eigenvalue weighted by Crippen LogP contribution is -2.39. The highest BCUT2D eigenvalue weighted by Gasteiger charge is 2.33. The van der Waals surface area contributed by atoms with Gasteiger partial charge in [0.25, 0.3) is 11.8 Å². The number of esters is 1. The quantitative estimate of drug-likeness (QED) is 0.0858. The summed E-state index contributed by atoms with van der Waals surface area (Å²) in [5.41, 5.74) is 0.950. The number of benzene rings is 3. The van der Waals surface area contributed by atoms with E-state index in [0.29, 0.717) is 34.1 Å². The van der Waals surface area contributed by atoms with Crippen LogP contribution in [0.4, 0.5) is 19.9 Å². The van der Waals surface area contributed by atoms with E-state index in [1.807, 2.05) is 0 Å². The number of rotatable bonds is 10. The highest BCUT2D eigenvalue weighted by atomic mass is 32.2. The minimum Gasteiger partial charge on any atom is -0.465 e. The number of anilines is 2. The van der Waals surface area contributed by atoms with Crippen LogP contribution in [0.2, 0.25) is 0 Å². The molecule has 0 saturated heterocycles. The van der Waals surface area contributed by atoms with E-state index >= 15 is 0 Å². The van der Waals surface area contributed by atoms with E-state index < -0.39 is 40.5 Å². The van der Waals surface area contributed by atoms with Crippen molar-refractivity contribution in [1.29, 1.82) is 0 Å². The van der Waals surface area contributed by atoms with Gasteiger partial charge in [-0.2, -0.15) is 0 Å². The second kappa shape index (κ2) is 16.9. The first-order valence-electron chi connectivity index (χ1n) is 16.6. The van der Waals surface area contributed by atoms with Crippen molar-refractivity contribution in [1.82, 2.24) is 10.2 Å². The zero-order valence-electron chi connectivity index (χ0n) is 29.8. The molecule has 1 aliphatic heterocycles. The molecule has 4 amide bonds. The smallest absolute Gasteiger partial charge is 0.410 e. The lowest BCUT2D eigenvalue weighted by Gasteiger charge is -2.30. The third kappa shape index (κ3) is 10.1. The first-order valence-corrected chi connectivity index (χ1v) is 18.3. The summed E-state index contributed by atoms with van der Waals surface area (Å²) in [5, 5.41) is 7.91. The van der Waals surface area contributed by atoms with Crippen LogP contribution < -0.4 is 16.0 Å². The normalized spacial score (nSPS) is 13.3. The Bertz CT molecular complexity index is 2060. The maximum absolute atomic E-state index is 14.5. The molecule has 2 heterocycles. The number of hydrogen-bond acceptors (Lipinski definition) is 9. The van der Waals surface area contributed by atoms with Gasteiger partial charge in [0.1, 0.15) is 22.1 Å². The third-order valence-electron chi connectivity index (χ3n) is 7.84. The molecule has 14 heteroatoms. The first kappa shape index (κ1) is 38.8. The van der Waals surface area contributed by atoms with Gasteiger partial charge in [0.05, 0.1) is 24.5 Å². The van der Waals surface area contributed by atoms with Gasteiger partial charge in [-0.25, -0.2) is 14.0 Å². The Hall–Kier alpha value is -5.47. The van der Waals surface area contributed by atoms with E-state index in [2.05, 4.69) is 16.0 Å². The molecule has 276 valence electrons. The summed E-state index contributed by atoms with van der Waals surface area (Å²) in [6.45, 7) is 7.64. The van der Waals surface area contributed by atoms with Crippen molar-refractivity contribution >= 4 is 69.6 Å². The Kier molecular flexibility index (Phi) is 12.4. The summed E-state index contributed by atoms with van der Waals surface area (Å²) in [7, 11) is 1.27. The highest BCUT2D eigenvalue weighted by Crippen LogP contribution is 2.38. The molecule has 0 aliphatic carbocycles. The molecule has 3 aromatic carbocycles. The summed E-state index contributed by atoms with van der Waals surface area (Å²) >= 11 is 2.43. The van der Waals surface area contributed by atoms with E-state index in [1.165, 1.54) is 54.5 Å². The van der Waals surface area contributed by atoms with Crippen molar-refractivity contribution in [2.45, 2.75) is 56.4 Å². The van der Waals surface area contributed by atoms with Gasteiger partial charge in [-0.15, -0.1) is 23.1 Å². The van der Waals surface area contributed by atoms with Crippen LogP contribution >= 0.6 is 23.1 Å². The number of nitrogens with one attached hydrogen (secondary N) is 3. The number of methoxy groups -OCH3 is 1. The minimum atomic E-state index is -0.687. The average Bonchev–Trinajstić information content (AvgIpc) is 3.48. The second-order valence-electron chi connectivity index (χ2n) is 13.0. The van der Waals surface area contributed by atoms with Crippen LogP contribution in [0.25, 0.3) is 6.08 Å². The van der Waals surface area contributed by atoms with Crippen LogP contribution in [0.5, 0.6) is 0 Å². The fourth-order valence-corrected chi connectivity index (χ4v) is 7.48. The Labute approximate surface area is 314 Å². The number of hydrogen-bond donors (Lipinski definition) is 3. The Morgan fingerprint density at radius 3 is 2.38 bits per heavy atom. The summed E-state index contributed by atoms with van der Waals surface area (Å²) in [5.74, 6) is -2.77. The monoisotopic (exact) mass is 758 g/mol. The standard InChI is InChI=1S/C39H39FN4O7S2/c1-23(33(45)43-36-32(37(48)50-5)28-18-19-44(22-31(28)53-36)38(49)51-39(2,3)4)52-27-16-11-15-26(21-27)41-35(47)30(20-25-14-9-10-17-29(25)40)42-34(46)24-12-7-6-8-13-24/h6-17,20-21,23H,18-19,22H2,1-5H3,(H,41,47)(H,42,46)(H,43,45)/b30-20-. The van der Waals surface area contributed by atoms with Crippen molar-refractivity contribution < 1.29 is 37.8 Å². The summed E-state index contributed by atoms with van der Waals surface area (Å²) in [4.78, 5) is 68.5. The zero-order chi connectivity index (χ0) is 38.3. The molecule has 1 unspecified atom stereocenters. The van der Waals surface area contributed by atoms with Crippen molar-refractivity contribution in [2.75, 3.05) is 24.3 Å². The fraction of sp³-hybridized carbons (Fsp3) is 0.256. The number of carbonyl (C=O) groups is 5. The molecule has 0 saturated carbocycles. The Morgan fingerprint density at radius 1 is 0.962 bits per heavy atom. The Morgan fingerprint density at radius 2 is 1.68 bits per heavy atom. The number of thiophene rings is 1. The molecule has 0 bridgehead atoms. The minimum absolute atomic E-state index is 0.109. The van der Waals surface area contributed by atoms with Crippen LogP contribution in [0.3, 0.4) is 0 Å². The predicted molar refractivity (Wildman–Crippen MR) is 203 cm³/mol. The van der Waals surface area contributed by atoms with Crippen molar-refractivity contribution in [2.24, 2.45) is 0 Å². The molecule has 53 heavy (non-hydrogen) atoms. The van der Waals surface area contributed by atoms with E-state index in [-0.39, 0.29) is 29.3 Å². The molecule has 5 rings (SSSR count). The fourth-order valence-electron chi connectivity index (χ4n) is 5.30. The lowest BCUT2D eigenvalue weighted by atomic mass is 10.0. The maximum atomic E-state index is 14.5. The van der Waals surface area contributed by atoms with Crippen molar-refractivity contribution in [3.63, 3.8) is 0 Å². The van der Waals surface area contributed by atoms with Gasteiger partial charge in [-0.1, -0.05) is 42.5 Å². The molecule has 1 aromatic heterocycles. The predicted octanol–water partition coefficient (Wildman–Crippen LogP) is 7.50. The van der Waals surface area contributed by atoms with Crippen molar-refractivity contribution in [3.8, 4) is 0 Å². The van der Waals surface area contributed by atoms with Gasteiger partial charge in [-0.05, 0) is 82.2 Å². The van der Waals surface area contributed by atoms with E-state index in [0.717, 1.165) is 10.4 Å². The number of carbonyl (C=O) groups excluding carboxylic acids is 5. The Balaban J connectivity index is 1.29. The molecule has 3 N–H and O–H groups in total. The van der Waals surface area contributed by atoms with E-state index in [9.17, 15) is 28.4 Å². The first-order chi connectivity index (χ1) is 25.2. The van der Waals surface area contributed by atoms with Crippen LogP contribution in [0, 0.1) is 5.82 Å². The number of fused-ring (bicyclic) bond motifs is 1. The summed E-state index contributed by atoms with van der Waals surface area (Å²) in [6.07, 6.45) is 1.19. The molecular formula is C39H39FN4O7S2. The molecule has 0 fully saturated rings. The zero-order valence-corrected chi connectivity index (χ0v) is 31.4. The molecule has 0 spiro atoms. The molecule has 1 atom stereocenters. The van der Waals surface area contributed by atoms with Crippen molar-refractivity contribution in [3.05, 3.63) is 118 Å². The molecule has 11 nitrogen and oxygen atoms in total. The SMILES string of the molecule is COC(=O)c1c(NC(=O)C(C)Sc2cccc(NC(=O)/C(=C/c3ccccc3F)NC(=O)c3ccccc3)c2)sc2c1CCN(C(=O)OC(C)(C)C)C2. The number of halogens is 1. The lowest BCUT2D eigenvalue weighted by molar-refractivity contribution is -0.115. The van der Waals surface area contributed by atoms with Crippen LogP contribution in [-0.2, 0) is 32.0 Å².